The van der Waals surface area contributed by atoms with E-state index in [1.54, 1.807) is 24.4 Å². The van der Waals surface area contributed by atoms with Gasteiger partial charge in [0.15, 0.2) is 0 Å². The van der Waals surface area contributed by atoms with Gasteiger partial charge >= 0.3 is 6.03 Å². The van der Waals surface area contributed by atoms with Crippen molar-refractivity contribution in [2.75, 3.05) is 10.6 Å². The average Bonchev–Trinajstić information content (AvgIpc) is 3.03. The monoisotopic (exact) mass is 485 g/mol. The second kappa shape index (κ2) is 11.2. The smallest absolute Gasteiger partial charge is 0.319 e. The molecule has 9 heteroatoms. The van der Waals surface area contributed by atoms with Crippen LogP contribution in [0.3, 0.4) is 0 Å². The maximum absolute atomic E-state index is 14.5. The molecule has 4 rings (SSSR count). The van der Waals surface area contributed by atoms with Gasteiger partial charge in [-0.3, -0.25) is 9.78 Å². The lowest BCUT2D eigenvalue weighted by Gasteiger charge is -2.17. The Balaban J connectivity index is 0.00000324. The Bertz CT molecular complexity index is 1200. The molecule has 2 aromatic heterocycles. The van der Waals surface area contributed by atoms with Gasteiger partial charge in [-0.2, -0.15) is 0 Å². The third-order valence-electron chi connectivity index (χ3n) is 5.91. The lowest BCUT2D eigenvalue weighted by molar-refractivity contribution is -0.114. The number of halogens is 2. The minimum atomic E-state index is -0.497. The minimum absolute atomic E-state index is 0. The summed E-state index contributed by atoms with van der Waals surface area (Å²) in [5.74, 6) is -0.269. The first kappa shape index (κ1) is 25.4. The Morgan fingerprint density at radius 1 is 1.03 bits per heavy atom. The van der Waals surface area contributed by atoms with Crippen molar-refractivity contribution in [3.63, 3.8) is 0 Å². The number of anilines is 2. The zero-order valence-corrected chi connectivity index (χ0v) is 20.1. The van der Waals surface area contributed by atoms with E-state index in [4.69, 9.17) is 0 Å². The summed E-state index contributed by atoms with van der Waals surface area (Å²) in [6.07, 6.45) is 8.14. The van der Waals surface area contributed by atoms with Crippen molar-refractivity contribution in [3.8, 4) is 11.1 Å². The van der Waals surface area contributed by atoms with Crippen LogP contribution in [0.25, 0.3) is 22.0 Å². The number of fused-ring (bicyclic) bond motifs is 1. The molecule has 34 heavy (non-hydrogen) atoms. The first-order chi connectivity index (χ1) is 15.9. The number of hydrogen-bond acceptors (Lipinski definition) is 4. The van der Waals surface area contributed by atoms with Crippen LogP contribution in [0.1, 0.15) is 51.1 Å². The lowest BCUT2D eigenvalue weighted by atomic mass is 10.0. The van der Waals surface area contributed by atoms with Gasteiger partial charge in [0, 0.05) is 41.9 Å². The van der Waals surface area contributed by atoms with Crippen molar-refractivity contribution in [3.05, 3.63) is 48.0 Å². The van der Waals surface area contributed by atoms with Gasteiger partial charge in [0.2, 0.25) is 5.91 Å². The maximum Gasteiger partial charge on any atom is 0.319 e. The highest BCUT2D eigenvalue weighted by Crippen LogP contribution is 2.30. The minimum Gasteiger partial charge on any atom is -0.335 e. The van der Waals surface area contributed by atoms with Gasteiger partial charge in [0.05, 0.1) is 11.2 Å². The van der Waals surface area contributed by atoms with Crippen LogP contribution in [0, 0.1) is 12.7 Å². The molecule has 7 nitrogen and oxygen atoms in total. The number of benzene rings is 1. The van der Waals surface area contributed by atoms with E-state index in [1.807, 2.05) is 13.0 Å². The number of carbonyl (C=O) groups excluding carboxylic acids is 2. The van der Waals surface area contributed by atoms with Crippen LogP contribution in [0.15, 0.2) is 36.5 Å². The first-order valence-electron chi connectivity index (χ1n) is 11.3. The lowest BCUT2D eigenvalue weighted by Crippen LogP contribution is -2.37. The molecule has 1 aliphatic carbocycles. The van der Waals surface area contributed by atoms with E-state index in [-0.39, 0.29) is 36.1 Å². The zero-order chi connectivity index (χ0) is 23.4. The van der Waals surface area contributed by atoms with Crippen molar-refractivity contribution >= 4 is 46.8 Å². The Morgan fingerprint density at radius 3 is 2.47 bits per heavy atom. The van der Waals surface area contributed by atoms with Crippen molar-refractivity contribution in [1.29, 1.82) is 0 Å². The molecule has 0 unspecified atom stereocenters. The first-order valence-corrected chi connectivity index (χ1v) is 11.3. The molecule has 2 heterocycles. The third kappa shape index (κ3) is 6.20. The quantitative estimate of drug-likeness (QED) is 0.397. The molecular formula is C25H29ClFN5O2. The third-order valence-corrected chi connectivity index (χ3v) is 5.91. The standard InChI is InChI=1S/C25H28FN5O2.ClH/c1-15-20(11-18-14-27-24(29-16(2)32)13-22(18)28-15)17-9-10-21(26)23(12-17)31-25(33)30-19-7-5-3-4-6-8-19;/h9-14,19H,3-8H2,1-2H3,(H,27,29,32)(H2,30,31,33);1H. The van der Waals surface area contributed by atoms with Gasteiger partial charge in [-0.1, -0.05) is 31.7 Å². The highest BCUT2D eigenvalue weighted by Gasteiger charge is 2.16. The fourth-order valence-electron chi connectivity index (χ4n) is 4.26. The molecule has 180 valence electrons. The molecule has 1 fully saturated rings. The molecule has 0 spiro atoms. The Kier molecular flexibility index (Phi) is 8.39. The topological polar surface area (TPSA) is 96.0 Å². The van der Waals surface area contributed by atoms with E-state index in [1.165, 1.54) is 25.8 Å². The Hall–Kier alpha value is -3.26. The van der Waals surface area contributed by atoms with E-state index in [9.17, 15) is 14.0 Å². The van der Waals surface area contributed by atoms with Crippen LogP contribution in [0.4, 0.5) is 20.7 Å². The molecule has 3 N–H and O–H groups in total. The molecule has 3 amide bonds. The molecule has 1 saturated carbocycles. The van der Waals surface area contributed by atoms with Gasteiger partial charge in [-0.05, 0) is 43.5 Å². The van der Waals surface area contributed by atoms with Crippen LogP contribution < -0.4 is 16.0 Å². The molecule has 1 aromatic carbocycles. The SMILES string of the molecule is CC(=O)Nc1cc2nc(C)c(-c3ccc(F)c(NC(=O)NC4CCCCCC4)c3)cc2cn1.Cl. The summed E-state index contributed by atoms with van der Waals surface area (Å²) in [6.45, 7) is 3.28. The van der Waals surface area contributed by atoms with Crippen molar-refractivity contribution in [2.45, 2.75) is 58.4 Å². The number of amides is 3. The van der Waals surface area contributed by atoms with Crippen LogP contribution in [0.5, 0.6) is 0 Å². The van der Waals surface area contributed by atoms with Crippen LogP contribution in [0.2, 0.25) is 0 Å². The number of rotatable bonds is 4. The summed E-state index contributed by atoms with van der Waals surface area (Å²) in [4.78, 5) is 32.7. The molecule has 0 atom stereocenters. The number of nitrogens with one attached hydrogen (secondary N) is 3. The number of pyridine rings is 2. The molecule has 1 aliphatic rings. The molecule has 0 bridgehead atoms. The molecule has 0 radical (unpaired) electrons. The summed E-state index contributed by atoms with van der Waals surface area (Å²) in [5, 5.41) is 9.09. The fourth-order valence-corrected chi connectivity index (χ4v) is 4.26. The van der Waals surface area contributed by atoms with E-state index >= 15 is 0 Å². The number of urea groups is 1. The maximum atomic E-state index is 14.5. The Morgan fingerprint density at radius 2 is 1.76 bits per heavy atom. The van der Waals surface area contributed by atoms with Crippen LogP contribution in [-0.2, 0) is 4.79 Å². The van der Waals surface area contributed by atoms with Gasteiger partial charge in [0.25, 0.3) is 0 Å². The molecule has 3 aromatic rings. The summed E-state index contributed by atoms with van der Waals surface area (Å²) < 4.78 is 14.5. The van der Waals surface area contributed by atoms with Crippen molar-refractivity contribution in [2.24, 2.45) is 0 Å². The number of aromatic nitrogens is 2. The molecule has 0 saturated heterocycles. The van der Waals surface area contributed by atoms with Crippen molar-refractivity contribution < 1.29 is 14.0 Å². The van der Waals surface area contributed by atoms with Crippen molar-refractivity contribution in [1.82, 2.24) is 15.3 Å². The van der Waals surface area contributed by atoms with Gasteiger partial charge in [-0.25, -0.2) is 14.2 Å². The van der Waals surface area contributed by atoms with E-state index in [0.29, 0.717) is 11.3 Å². The summed E-state index contributed by atoms with van der Waals surface area (Å²) in [7, 11) is 0. The number of nitrogens with zero attached hydrogens (tertiary/aromatic N) is 2. The van der Waals surface area contributed by atoms with Gasteiger partial charge in [-0.15, -0.1) is 12.4 Å². The van der Waals surface area contributed by atoms with Gasteiger partial charge in [0.1, 0.15) is 11.6 Å². The van der Waals surface area contributed by atoms with E-state index in [0.717, 1.165) is 47.9 Å². The van der Waals surface area contributed by atoms with Crippen LogP contribution >= 0.6 is 12.4 Å². The van der Waals surface area contributed by atoms with Crippen LogP contribution in [-0.4, -0.2) is 27.9 Å². The Labute approximate surface area is 204 Å². The zero-order valence-electron chi connectivity index (χ0n) is 19.3. The largest absolute Gasteiger partial charge is 0.335 e. The van der Waals surface area contributed by atoms with E-state index < -0.39 is 5.82 Å². The highest BCUT2D eigenvalue weighted by atomic mass is 35.5. The second-order valence-electron chi connectivity index (χ2n) is 8.55. The average molecular weight is 486 g/mol. The summed E-state index contributed by atoms with van der Waals surface area (Å²) in [6, 6.07) is 8.00. The predicted molar refractivity (Wildman–Crippen MR) is 135 cm³/mol. The molecular weight excluding hydrogens is 457 g/mol. The number of hydrogen-bond donors (Lipinski definition) is 3. The molecule has 0 aliphatic heterocycles. The normalized spacial score (nSPS) is 14.1. The van der Waals surface area contributed by atoms with E-state index in [2.05, 4.69) is 25.9 Å². The highest BCUT2D eigenvalue weighted by molar-refractivity contribution is 5.93. The summed E-state index contributed by atoms with van der Waals surface area (Å²) in [5.41, 5.74) is 3.10. The fraction of sp³-hybridized carbons (Fsp3) is 0.360. The predicted octanol–water partition coefficient (Wildman–Crippen LogP) is 5.97. The number of carbonyl (C=O) groups is 2. The van der Waals surface area contributed by atoms with Gasteiger partial charge < -0.3 is 16.0 Å². The summed E-state index contributed by atoms with van der Waals surface area (Å²) >= 11 is 0. The number of aryl methyl sites for hydroxylation is 1. The second-order valence-corrected chi connectivity index (χ2v) is 8.55.